The molecule has 1 saturated heterocycles. The third-order valence-corrected chi connectivity index (χ3v) is 3.21. The van der Waals surface area contributed by atoms with Crippen molar-refractivity contribution in [2.75, 3.05) is 26.3 Å². The zero-order valence-corrected chi connectivity index (χ0v) is 11.6. The van der Waals surface area contributed by atoms with E-state index in [1.807, 2.05) is 6.92 Å². The first-order valence-corrected chi connectivity index (χ1v) is 6.76. The fourth-order valence-electron chi connectivity index (χ4n) is 2.26. The second-order valence-corrected chi connectivity index (χ2v) is 4.82. The average Bonchev–Trinajstić information content (AvgIpc) is 2.29. The van der Waals surface area contributed by atoms with Gasteiger partial charge in [0, 0.05) is 19.1 Å². The SMILES string of the molecule is CCOC(=O)CC(O)CN1CC(C)OCC1CC. The van der Waals surface area contributed by atoms with Gasteiger partial charge in [0.05, 0.1) is 31.8 Å². The smallest absolute Gasteiger partial charge is 0.308 e. The van der Waals surface area contributed by atoms with Crippen molar-refractivity contribution in [3.8, 4) is 0 Å². The van der Waals surface area contributed by atoms with Crippen molar-refractivity contribution in [2.45, 2.75) is 51.9 Å². The largest absolute Gasteiger partial charge is 0.466 e. The molecule has 5 heteroatoms. The number of hydrogen-bond donors (Lipinski definition) is 1. The molecule has 0 spiro atoms. The van der Waals surface area contributed by atoms with E-state index in [0.717, 1.165) is 13.0 Å². The van der Waals surface area contributed by atoms with Crippen LogP contribution >= 0.6 is 0 Å². The lowest BCUT2D eigenvalue weighted by Gasteiger charge is -2.39. The first kappa shape index (κ1) is 15.4. The summed E-state index contributed by atoms with van der Waals surface area (Å²) >= 11 is 0. The van der Waals surface area contributed by atoms with Crippen LogP contribution in [0.15, 0.2) is 0 Å². The van der Waals surface area contributed by atoms with Crippen LogP contribution in [0.2, 0.25) is 0 Å². The summed E-state index contributed by atoms with van der Waals surface area (Å²) in [7, 11) is 0. The first-order valence-electron chi connectivity index (χ1n) is 6.76. The Bertz CT molecular complexity index is 259. The van der Waals surface area contributed by atoms with Crippen molar-refractivity contribution in [1.29, 1.82) is 0 Å². The Hall–Kier alpha value is -0.650. The van der Waals surface area contributed by atoms with Crippen LogP contribution in [-0.4, -0.2) is 60.5 Å². The number of ether oxygens (including phenoxy) is 2. The third-order valence-electron chi connectivity index (χ3n) is 3.21. The Kier molecular flexibility index (Phi) is 6.60. The number of β-amino-alcohol motifs (C(OH)–C–C–N with tert-alkyl or cyclic N) is 1. The highest BCUT2D eigenvalue weighted by molar-refractivity contribution is 5.69. The zero-order valence-electron chi connectivity index (χ0n) is 11.6. The number of nitrogens with zero attached hydrogens (tertiary/aromatic N) is 1. The molecule has 0 amide bonds. The molecule has 0 radical (unpaired) electrons. The van der Waals surface area contributed by atoms with E-state index in [2.05, 4.69) is 11.8 Å². The Morgan fingerprint density at radius 1 is 1.56 bits per heavy atom. The lowest BCUT2D eigenvalue weighted by atomic mass is 10.1. The van der Waals surface area contributed by atoms with E-state index < -0.39 is 6.10 Å². The Balaban J connectivity index is 2.40. The van der Waals surface area contributed by atoms with Crippen LogP contribution in [0, 0.1) is 0 Å². The molecule has 1 aliphatic heterocycles. The Labute approximate surface area is 109 Å². The fraction of sp³-hybridized carbons (Fsp3) is 0.923. The number of carbonyl (C=O) groups excluding carboxylic acids is 1. The molecule has 0 bridgehead atoms. The van der Waals surface area contributed by atoms with Gasteiger partial charge >= 0.3 is 5.97 Å². The molecule has 1 fully saturated rings. The molecule has 106 valence electrons. The van der Waals surface area contributed by atoms with E-state index in [9.17, 15) is 9.90 Å². The van der Waals surface area contributed by atoms with Gasteiger partial charge in [-0.1, -0.05) is 6.92 Å². The van der Waals surface area contributed by atoms with Gasteiger partial charge in [-0.2, -0.15) is 0 Å². The van der Waals surface area contributed by atoms with Gasteiger partial charge in [-0.15, -0.1) is 0 Å². The fourth-order valence-corrected chi connectivity index (χ4v) is 2.26. The Morgan fingerprint density at radius 2 is 2.28 bits per heavy atom. The van der Waals surface area contributed by atoms with Crippen molar-refractivity contribution in [2.24, 2.45) is 0 Å². The minimum atomic E-state index is -0.664. The molecule has 0 aromatic carbocycles. The number of hydrogen-bond acceptors (Lipinski definition) is 5. The van der Waals surface area contributed by atoms with Gasteiger partial charge in [-0.25, -0.2) is 0 Å². The molecule has 1 aliphatic rings. The highest BCUT2D eigenvalue weighted by Gasteiger charge is 2.27. The second-order valence-electron chi connectivity index (χ2n) is 4.82. The second kappa shape index (κ2) is 7.71. The van der Waals surface area contributed by atoms with E-state index in [1.54, 1.807) is 6.92 Å². The van der Waals surface area contributed by atoms with Crippen molar-refractivity contribution in [1.82, 2.24) is 4.90 Å². The quantitative estimate of drug-likeness (QED) is 0.715. The van der Waals surface area contributed by atoms with E-state index >= 15 is 0 Å². The third kappa shape index (κ3) is 4.92. The summed E-state index contributed by atoms with van der Waals surface area (Å²) in [6, 6.07) is 0.332. The number of aliphatic hydroxyl groups is 1. The Morgan fingerprint density at radius 3 is 2.89 bits per heavy atom. The normalized spacial score (nSPS) is 26.9. The van der Waals surface area contributed by atoms with E-state index in [4.69, 9.17) is 9.47 Å². The highest BCUT2D eigenvalue weighted by atomic mass is 16.5. The molecule has 5 nitrogen and oxygen atoms in total. The predicted octanol–water partition coefficient (Wildman–Crippen LogP) is 0.800. The molecule has 18 heavy (non-hydrogen) atoms. The van der Waals surface area contributed by atoms with Crippen LogP contribution in [0.1, 0.15) is 33.6 Å². The van der Waals surface area contributed by atoms with Crippen molar-refractivity contribution < 1.29 is 19.4 Å². The van der Waals surface area contributed by atoms with Gasteiger partial charge in [-0.05, 0) is 20.3 Å². The van der Waals surface area contributed by atoms with Gasteiger partial charge in [0.25, 0.3) is 0 Å². The van der Waals surface area contributed by atoms with Crippen LogP contribution in [0.25, 0.3) is 0 Å². The summed E-state index contributed by atoms with van der Waals surface area (Å²) < 4.78 is 10.4. The molecule has 0 aromatic heterocycles. The molecule has 3 atom stereocenters. The van der Waals surface area contributed by atoms with Gasteiger partial charge in [0.15, 0.2) is 0 Å². The highest BCUT2D eigenvalue weighted by Crippen LogP contribution is 2.15. The summed E-state index contributed by atoms with van der Waals surface area (Å²) in [5, 5.41) is 9.91. The maximum Gasteiger partial charge on any atom is 0.308 e. The number of carbonyl (C=O) groups is 1. The molecule has 3 unspecified atom stereocenters. The van der Waals surface area contributed by atoms with Crippen LogP contribution in [0.5, 0.6) is 0 Å². The number of rotatable bonds is 6. The maximum absolute atomic E-state index is 11.3. The van der Waals surface area contributed by atoms with Gasteiger partial charge in [0.1, 0.15) is 0 Å². The summed E-state index contributed by atoms with van der Waals surface area (Å²) in [4.78, 5) is 13.5. The molecular formula is C13H25NO4. The standard InChI is InChI=1S/C13H25NO4/c1-4-11-9-18-10(3)7-14(11)8-12(15)6-13(16)17-5-2/h10-12,15H,4-9H2,1-3H3. The monoisotopic (exact) mass is 259 g/mol. The minimum absolute atomic E-state index is 0.0655. The summed E-state index contributed by atoms with van der Waals surface area (Å²) in [5.41, 5.74) is 0. The van der Waals surface area contributed by atoms with E-state index in [1.165, 1.54) is 0 Å². The zero-order chi connectivity index (χ0) is 13.5. The molecule has 0 aromatic rings. The van der Waals surface area contributed by atoms with Gasteiger partial charge in [-0.3, -0.25) is 9.69 Å². The van der Waals surface area contributed by atoms with Crippen LogP contribution in [-0.2, 0) is 14.3 Å². The molecule has 1 rings (SSSR count). The summed E-state index contributed by atoms with van der Waals surface area (Å²) in [6.07, 6.45) is 0.570. The van der Waals surface area contributed by atoms with Crippen LogP contribution in [0.3, 0.4) is 0 Å². The summed E-state index contributed by atoms with van der Waals surface area (Å²) in [5.74, 6) is -0.334. The van der Waals surface area contributed by atoms with E-state index in [-0.39, 0.29) is 18.5 Å². The number of esters is 1. The topological polar surface area (TPSA) is 59.0 Å². The number of morpholine rings is 1. The average molecular weight is 259 g/mol. The van der Waals surface area contributed by atoms with Crippen molar-refractivity contribution >= 4 is 5.97 Å². The molecule has 1 heterocycles. The lowest BCUT2D eigenvalue weighted by Crippen LogP contribution is -2.51. The van der Waals surface area contributed by atoms with Crippen LogP contribution in [0.4, 0.5) is 0 Å². The van der Waals surface area contributed by atoms with Crippen molar-refractivity contribution in [3.05, 3.63) is 0 Å². The van der Waals surface area contributed by atoms with E-state index in [0.29, 0.717) is 25.8 Å². The van der Waals surface area contributed by atoms with Crippen LogP contribution < -0.4 is 0 Å². The molecule has 0 aliphatic carbocycles. The molecule has 1 N–H and O–H groups in total. The lowest BCUT2D eigenvalue weighted by molar-refractivity contribution is -0.146. The maximum atomic E-state index is 11.3. The number of aliphatic hydroxyl groups excluding tert-OH is 1. The predicted molar refractivity (Wildman–Crippen MR) is 68.3 cm³/mol. The first-order chi connectivity index (χ1) is 8.56. The van der Waals surface area contributed by atoms with Gasteiger partial charge < -0.3 is 14.6 Å². The summed E-state index contributed by atoms with van der Waals surface area (Å²) in [6.45, 7) is 8.26. The molecule has 0 saturated carbocycles. The van der Waals surface area contributed by atoms with Gasteiger partial charge in [0.2, 0.25) is 0 Å². The van der Waals surface area contributed by atoms with Crippen molar-refractivity contribution in [3.63, 3.8) is 0 Å². The minimum Gasteiger partial charge on any atom is -0.466 e. The molecular weight excluding hydrogens is 234 g/mol.